The van der Waals surface area contributed by atoms with E-state index in [1.165, 1.54) is 12.1 Å². The summed E-state index contributed by atoms with van der Waals surface area (Å²) in [5.41, 5.74) is 6.50. The lowest BCUT2D eigenvalue weighted by Gasteiger charge is -2.51. The van der Waals surface area contributed by atoms with Crippen molar-refractivity contribution in [2.24, 2.45) is 35.1 Å². The highest BCUT2D eigenvalue weighted by atomic mass is 16.4. The van der Waals surface area contributed by atoms with E-state index in [4.69, 9.17) is 11.5 Å². The number of aliphatic hydroxyl groups is 6. The first-order valence-corrected chi connectivity index (χ1v) is 21.0. The van der Waals surface area contributed by atoms with Crippen LogP contribution in [0.3, 0.4) is 0 Å². The molecule has 6 aliphatic rings. The van der Waals surface area contributed by atoms with Crippen LogP contribution in [0.4, 0.5) is 0 Å². The van der Waals surface area contributed by atoms with Gasteiger partial charge >= 0.3 is 0 Å². The largest absolute Gasteiger partial charge is 0.511 e. The summed E-state index contributed by atoms with van der Waals surface area (Å²) in [5.74, 6) is 1.26. The van der Waals surface area contributed by atoms with Crippen molar-refractivity contribution in [2.45, 2.75) is 81.5 Å². The molecular formula is C48H47N3O13. The van der Waals surface area contributed by atoms with Gasteiger partial charge in [-0.25, -0.2) is 0 Å². The number of aromatic hydroxyl groups is 2. The molecule has 64 heavy (non-hydrogen) atoms. The lowest BCUT2D eigenvalue weighted by Crippen LogP contribution is -2.59. The molecule has 8 rings (SSSR count). The molecule has 0 unspecified atom stereocenters. The molecule has 0 aromatic heterocycles. The average Bonchev–Trinajstić information content (AvgIpc) is 3.22. The summed E-state index contributed by atoms with van der Waals surface area (Å²) < 4.78 is 0. The molecule has 0 radical (unpaired) electrons. The minimum atomic E-state index is -2.65. The zero-order valence-electron chi connectivity index (χ0n) is 35.0. The average molecular weight is 874 g/mol. The first-order chi connectivity index (χ1) is 30.2. The second-order valence-electron chi connectivity index (χ2n) is 17.8. The zero-order valence-corrected chi connectivity index (χ0v) is 35.0. The van der Waals surface area contributed by atoms with Crippen molar-refractivity contribution in [1.82, 2.24) is 4.90 Å². The number of benzene rings is 2. The van der Waals surface area contributed by atoms with Crippen LogP contribution >= 0.6 is 0 Å². The van der Waals surface area contributed by atoms with Gasteiger partial charge in [-0.3, -0.25) is 28.9 Å². The van der Waals surface area contributed by atoms with Crippen LogP contribution in [0.15, 0.2) is 69.6 Å². The van der Waals surface area contributed by atoms with Crippen molar-refractivity contribution in [3.63, 3.8) is 0 Å². The Morgan fingerprint density at radius 1 is 0.734 bits per heavy atom. The van der Waals surface area contributed by atoms with E-state index in [-0.39, 0.29) is 77.2 Å². The van der Waals surface area contributed by atoms with Crippen LogP contribution in [0.2, 0.25) is 0 Å². The highest BCUT2D eigenvalue weighted by Gasteiger charge is 2.61. The fourth-order valence-corrected chi connectivity index (χ4v) is 10.9. The van der Waals surface area contributed by atoms with E-state index in [2.05, 4.69) is 23.7 Å². The van der Waals surface area contributed by atoms with E-state index in [1.807, 2.05) is 0 Å². The lowest BCUT2D eigenvalue weighted by atomic mass is 9.59. The van der Waals surface area contributed by atoms with Crippen LogP contribution < -0.4 is 11.5 Å². The summed E-state index contributed by atoms with van der Waals surface area (Å²) in [5, 5.41) is 89.3. The second-order valence-corrected chi connectivity index (χ2v) is 17.8. The van der Waals surface area contributed by atoms with Crippen LogP contribution in [0.25, 0.3) is 0 Å². The number of carbonyl (C=O) groups excluding carboxylic acids is 5. The Labute approximate surface area is 366 Å². The van der Waals surface area contributed by atoms with Crippen LogP contribution in [0, 0.1) is 47.4 Å². The first-order valence-electron chi connectivity index (χ1n) is 21.0. The number of ketones is 3. The van der Waals surface area contributed by atoms with Gasteiger partial charge < -0.3 is 52.3 Å². The third-order valence-corrected chi connectivity index (χ3v) is 14.0. The number of allylic oxidation sites excluding steroid dienone is 3. The highest BCUT2D eigenvalue weighted by Crippen LogP contribution is 2.54. The predicted octanol–water partition coefficient (Wildman–Crippen LogP) is 2.80. The molecule has 332 valence electrons. The normalized spacial score (nSPS) is 28.2. The van der Waals surface area contributed by atoms with Gasteiger partial charge in [-0.1, -0.05) is 23.7 Å². The summed E-state index contributed by atoms with van der Waals surface area (Å²) in [6, 6.07) is 4.98. The van der Waals surface area contributed by atoms with Gasteiger partial charge in [-0.2, -0.15) is 0 Å². The minimum absolute atomic E-state index is 0.00355. The molecule has 7 atom stereocenters. The molecule has 0 saturated heterocycles. The number of carbonyl (C=O) groups is 5. The van der Waals surface area contributed by atoms with Crippen LogP contribution in [-0.4, -0.2) is 106 Å². The molecule has 16 nitrogen and oxygen atoms in total. The van der Waals surface area contributed by atoms with Gasteiger partial charge in [0, 0.05) is 59.8 Å². The first kappa shape index (κ1) is 43.8. The molecule has 2 amide bonds. The number of fused-ring (bicyclic) bond motifs is 6. The van der Waals surface area contributed by atoms with Crippen molar-refractivity contribution in [1.29, 1.82) is 0 Å². The highest BCUT2D eigenvalue weighted by molar-refractivity contribution is 6.24. The Morgan fingerprint density at radius 3 is 1.75 bits per heavy atom. The number of hydrogen-bond donors (Lipinski definition) is 10. The molecule has 0 aliphatic heterocycles. The molecule has 0 bridgehead atoms. The fraction of sp³-hybridized carbons (Fsp3) is 0.396. The maximum Gasteiger partial charge on any atom is 0.255 e. The van der Waals surface area contributed by atoms with Crippen molar-refractivity contribution in [3.05, 3.63) is 103 Å². The summed E-state index contributed by atoms with van der Waals surface area (Å²) in [7, 11) is 3.32. The summed E-state index contributed by atoms with van der Waals surface area (Å²) in [6.07, 6.45) is 1.90. The van der Waals surface area contributed by atoms with Gasteiger partial charge in [0.25, 0.3) is 5.91 Å². The number of phenols is 2. The maximum absolute atomic E-state index is 14.0. The van der Waals surface area contributed by atoms with E-state index in [9.17, 15) is 64.8 Å². The van der Waals surface area contributed by atoms with E-state index >= 15 is 0 Å². The Morgan fingerprint density at radius 2 is 1.25 bits per heavy atom. The number of amides is 2. The fourth-order valence-electron chi connectivity index (χ4n) is 10.9. The Balaban J connectivity index is 0.959. The van der Waals surface area contributed by atoms with Crippen molar-refractivity contribution in [2.75, 3.05) is 14.1 Å². The molecule has 12 N–H and O–H groups in total. The summed E-state index contributed by atoms with van der Waals surface area (Å²) >= 11 is 0. The number of Topliss-reactive ketones (excluding diaryl/α,β-unsaturated/α-hetero) is 3. The smallest absolute Gasteiger partial charge is 0.255 e. The number of hydrogen-bond acceptors (Lipinski definition) is 14. The molecule has 16 heteroatoms. The van der Waals surface area contributed by atoms with Crippen molar-refractivity contribution >= 4 is 29.2 Å². The van der Waals surface area contributed by atoms with E-state index in [0.29, 0.717) is 47.9 Å². The maximum atomic E-state index is 14.0. The van der Waals surface area contributed by atoms with E-state index in [0.717, 1.165) is 0 Å². The number of nitrogens with two attached hydrogens (primary N) is 2. The molecule has 0 spiro atoms. The topological polar surface area (TPSA) is 302 Å². The number of phenolic OH excluding ortho intramolecular Hbond substituents is 2. The molecule has 0 saturated carbocycles. The Hall–Kier alpha value is -6.85. The molecule has 2 aromatic rings. The Bertz CT molecular complexity index is 2770. The monoisotopic (exact) mass is 873 g/mol. The van der Waals surface area contributed by atoms with Gasteiger partial charge in [0.1, 0.15) is 45.7 Å². The third-order valence-electron chi connectivity index (χ3n) is 14.0. The van der Waals surface area contributed by atoms with Gasteiger partial charge in [0.05, 0.1) is 22.7 Å². The van der Waals surface area contributed by atoms with Crippen molar-refractivity contribution in [3.8, 4) is 35.2 Å². The second kappa shape index (κ2) is 15.7. The molecule has 2 aromatic carbocycles. The third kappa shape index (κ3) is 6.55. The van der Waals surface area contributed by atoms with Gasteiger partial charge in [0.2, 0.25) is 11.7 Å². The number of unbranched alkanes of at least 4 members (excludes halogenated alkanes) is 3. The number of likely N-dealkylation sites (N-methyl/N-ethyl adjacent to an activating group) is 1. The van der Waals surface area contributed by atoms with Gasteiger partial charge in [0.15, 0.2) is 17.2 Å². The van der Waals surface area contributed by atoms with Crippen LogP contribution in [0.5, 0.6) is 11.5 Å². The number of nitrogens with zero attached hydrogens (tertiary/aromatic N) is 1. The number of primary amides is 2. The minimum Gasteiger partial charge on any atom is -0.511 e. The van der Waals surface area contributed by atoms with E-state index in [1.54, 1.807) is 31.1 Å². The summed E-state index contributed by atoms with van der Waals surface area (Å²) in [6.45, 7) is 0. The molecule has 0 fully saturated rings. The van der Waals surface area contributed by atoms with Gasteiger partial charge in [-0.05, 0) is 99.8 Å². The quantitative estimate of drug-likeness (QED) is 0.113. The number of aliphatic hydroxyl groups excluding tert-OH is 4. The SMILES string of the molecule is CN(C)[C@@H]1C(O)=C(C(N)=O)C[C@@]2(O)C(O)=C3C(=O)c4c(O)ccc(C#CCCCCC#Cc5ccc(O)c6c5C[C@H]5C[C@H]7CC(O)=C(C(N)=O)C(=O)[C@@]7(O)C(O)=C5C6=O)c4C[C@H]3C[C@@H]12. The number of rotatable bonds is 6. The predicted molar refractivity (Wildman–Crippen MR) is 226 cm³/mol. The van der Waals surface area contributed by atoms with Gasteiger partial charge in [-0.15, -0.1) is 0 Å². The molecule has 0 heterocycles. The van der Waals surface area contributed by atoms with Crippen LogP contribution in [-0.2, 0) is 27.2 Å². The summed E-state index contributed by atoms with van der Waals surface area (Å²) in [4.78, 5) is 66.9. The van der Waals surface area contributed by atoms with Crippen molar-refractivity contribution < 1.29 is 64.8 Å². The molecular weight excluding hydrogens is 827 g/mol. The Kier molecular flexibility index (Phi) is 10.8. The lowest BCUT2D eigenvalue weighted by molar-refractivity contribution is -0.144. The van der Waals surface area contributed by atoms with E-state index < -0.39 is 99.4 Å². The zero-order chi connectivity index (χ0) is 46.3. The molecule has 6 aliphatic carbocycles. The van der Waals surface area contributed by atoms with Crippen LogP contribution in [0.1, 0.15) is 94.3 Å². The standard InChI is InChI=1S/C48H47N3O13/c1-51(2)38-29-18-24-17-27-22(12-13-30(52)35(27)40(56)33(24)42(58)47(29,63)20-28(39(38)55)45(49)61)10-8-6-4-3-5-7-9-21-11-14-31(53)36-26(21)16-23-15-25-19-32(54)37(46(50)62)44(60)48(25,64)43(59)34(23)41(36)57/h11-14,23-25,29,38,52-55,58-59,63-64H,3-6,15-20H2,1-2H3,(H2,49,61)(H2,50,62)/t23-,24+,25+,29+,38+,47+,48+/m1/s1.